The van der Waals surface area contributed by atoms with Crippen LogP contribution in [0.25, 0.3) is 0 Å². The average Bonchev–Trinajstić information content (AvgIpc) is 2.65. The van der Waals surface area contributed by atoms with Gasteiger partial charge in [0, 0.05) is 17.6 Å². The number of carbonyl (C=O) groups is 2. The highest BCUT2D eigenvalue weighted by molar-refractivity contribution is 9.10. The van der Waals surface area contributed by atoms with Gasteiger partial charge in [-0.1, -0.05) is 65.3 Å². The molecule has 2 rings (SSSR count). The minimum Gasteiger partial charge on any atom is -0.354 e. The van der Waals surface area contributed by atoms with Gasteiger partial charge in [0.25, 0.3) is 0 Å². The van der Waals surface area contributed by atoms with Gasteiger partial charge >= 0.3 is 0 Å². The molecule has 0 heterocycles. The summed E-state index contributed by atoms with van der Waals surface area (Å²) in [7, 11) is 0. The van der Waals surface area contributed by atoms with Gasteiger partial charge in [-0.05, 0) is 36.6 Å². The fraction of sp³-hybridized carbons (Fsp3) is 0.333. The molecule has 0 radical (unpaired) electrons. The average molecular weight is 417 g/mol. The van der Waals surface area contributed by atoms with Crippen LogP contribution in [0.4, 0.5) is 0 Å². The van der Waals surface area contributed by atoms with E-state index < -0.39 is 6.04 Å². The number of nitrogens with one attached hydrogen (secondary N) is 1. The molecule has 0 spiro atoms. The summed E-state index contributed by atoms with van der Waals surface area (Å²) in [5.74, 6) is -0.177. The summed E-state index contributed by atoms with van der Waals surface area (Å²) in [5.41, 5.74) is 1.93. The third-order valence-electron chi connectivity index (χ3n) is 4.18. The fourth-order valence-corrected chi connectivity index (χ4v) is 2.90. The van der Waals surface area contributed by atoms with E-state index in [0.717, 1.165) is 22.0 Å². The molecular weight excluding hydrogens is 392 g/mol. The van der Waals surface area contributed by atoms with Crippen LogP contribution in [0.1, 0.15) is 31.4 Å². The standard InChI is InChI=1S/C21H25BrN2O2/c1-3-13-23-21(26)16(2)24(15-18-9-11-19(22)12-10-18)20(25)14-17-7-5-4-6-8-17/h4-12,16H,3,13-15H2,1-2H3,(H,23,26). The second-order valence-electron chi connectivity index (χ2n) is 6.28. The van der Waals surface area contributed by atoms with Crippen molar-refractivity contribution in [1.29, 1.82) is 0 Å². The Bertz CT molecular complexity index is 717. The number of carbonyl (C=O) groups excluding carboxylic acids is 2. The van der Waals surface area contributed by atoms with E-state index in [4.69, 9.17) is 0 Å². The van der Waals surface area contributed by atoms with Crippen molar-refractivity contribution >= 4 is 27.7 Å². The maximum atomic E-state index is 12.9. The molecule has 0 fully saturated rings. The molecule has 5 heteroatoms. The van der Waals surface area contributed by atoms with Crippen LogP contribution in [0.5, 0.6) is 0 Å². The zero-order valence-electron chi connectivity index (χ0n) is 15.2. The molecule has 0 aliphatic rings. The summed E-state index contributed by atoms with van der Waals surface area (Å²) in [5, 5.41) is 2.89. The molecule has 0 bridgehead atoms. The van der Waals surface area contributed by atoms with Crippen molar-refractivity contribution in [3.63, 3.8) is 0 Å². The van der Waals surface area contributed by atoms with Crippen LogP contribution in [0.15, 0.2) is 59.1 Å². The Morgan fingerprint density at radius 2 is 1.69 bits per heavy atom. The van der Waals surface area contributed by atoms with Crippen molar-refractivity contribution in [3.05, 3.63) is 70.2 Å². The zero-order chi connectivity index (χ0) is 18.9. The van der Waals surface area contributed by atoms with Gasteiger partial charge in [0.1, 0.15) is 6.04 Å². The summed E-state index contributed by atoms with van der Waals surface area (Å²) in [6.07, 6.45) is 1.14. The lowest BCUT2D eigenvalue weighted by atomic mass is 10.1. The minimum absolute atomic E-state index is 0.0572. The molecule has 2 aromatic rings. The van der Waals surface area contributed by atoms with Gasteiger partial charge in [-0.3, -0.25) is 9.59 Å². The Balaban J connectivity index is 2.17. The van der Waals surface area contributed by atoms with E-state index in [9.17, 15) is 9.59 Å². The Morgan fingerprint density at radius 3 is 2.31 bits per heavy atom. The first-order valence-electron chi connectivity index (χ1n) is 8.86. The molecule has 0 saturated carbocycles. The van der Waals surface area contributed by atoms with Crippen LogP contribution in [-0.4, -0.2) is 29.3 Å². The second-order valence-corrected chi connectivity index (χ2v) is 7.19. The van der Waals surface area contributed by atoms with Crippen LogP contribution in [0, 0.1) is 0 Å². The third-order valence-corrected chi connectivity index (χ3v) is 4.71. The van der Waals surface area contributed by atoms with Crippen molar-refractivity contribution in [2.75, 3.05) is 6.54 Å². The Morgan fingerprint density at radius 1 is 1.04 bits per heavy atom. The summed E-state index contributed by atoms with van der Waals surface area (Å²) in [6.45, 7) is 4.81. The predicted molar refractivity (Wildman–Crippen MR) is 108 cm³/mol. The smallest absolute Gasteiger partial charge is 0.242 e. The molecule has 0 aromatic heterocycles. The highest BCUT2D eigenvalue weighted by atomic mass is 79.9. The predicted octanol–water partition coefficient (Wildman–Crippen LogP) is 3.94. The van der Waals surface area contributed by atoms with Crippen LogP contribution >= 0.6 is 15.9 Å². The van der Waals surface area contributed by atoms with Crippen molar-refractivity contribution < 1.29 is 9.59 Å². The second kappa shape index (κ2) is 10.1. The van der Waals surface area contributed by atoms with Gasteiger partial charge in [-0.25, -0.2) is 0 Å². The lowest BCUT2D eigenvalue weighted by molar-refractivity contribution is -0.140. The molecule has 0 saturated heterocycles. The van der Waals surface area contributed by atoms with Crippen LogP contribution in [-0.2, 0) is 22.6 Å². The molecule has 2 amide bonds. The van der Waals surface area contributed by atoms with Gasteiger partial charge in [0.2, 0.25) is 11.8 Å². The minimum atomic E-state index is -0.526. The van der Waals surface area contributed by atoms with Crippen molar-refractivity contribution in [2.45, 2.75) is 39.3 Å². The molecule has 1 unspecified atom stereocenters. The molecule has 1 N–H and O–H groups in total. The summed E-state index contributed by atoms with van der Waals surface area (Å²) in [6, 6.07) is 16.9. The van der Waals surface area contributed by atoms with Crippen molar-refractivity contribution in [1.82, 2.24) is 10.2 Å². The van der Waals surface area contributed by atoms with Crippen LogP contribution in [0.3, 0.4) is 0 Å². The van der Waals surface area contributed by atoms with E-state index in [2.05, 4.69) is 21.2 Å². The van der Waals surface area contributed by atoms with Gasteiger partial charge in [-0.15, -0.1) is 0 Å². The first-order chi connectivity index (χ1) is 12.5. The number of benzene rings is 2. The van der Waals surface area contributed by atoms with Gasteiger partial charge in [0.05, 0.1) is 6.42 Å². The summed E-state index contributed by atoms with van der Waals surface area (Å²) in [4.78, 5) is 27.0. The monoisotopic (exact) mass is 416 g/mol. The van der Waals surface area contributed by atoms with Crippen molar-refractivity contribution in [2.24, 2.45) is 0 Å². The number of hydrogen-bond acceptors (Lipinski definition) is 2. The highest BCUT2D eigenvalue weighted by Gasteiger charge is 2.25. The lowest BCUT2D eigenvalue weighted by Crippen LogP contribution is -2.48. The van der Waals surface area contributed by atoms with E-state index >= 15 is 0 Å². The topological polar surface area (TPSA) is 49.4 Å². The quantitative estimate of drug-likeness (QED) is 0.708. The zero-order valence-corrected chi connectivity index (χ0v) is 16.8. The van der Waals surface area contributed by atoms with Crippen LogP contribution < -0.4 is 5.32 Å². The number of nitrogens with zero attached hydrogens (tertiary/aromatic N) is 1. The summed E-state index contributed by atoms with van der Waals surface area (Å²) >= 11 is 3.42. The molecule has 26 heavy (non-hydrogen) atoms. The number of rotatable bonds is 8. The number of hydrogen-bond donors (Lipinski definition) is 1. The van der Waals surface area contributed by atoms with Gasteiger partial charge < -0.3 is 10.2 Å². The Kier molecular flexibility index (Phi) is 7.85. The van der Waals surface area contributed by atoms with E-state index in [1.807, 2.05) is 61.5 Å². The Labute approximate surface area is 163 Å². The maximum Gasteiger partial charge on any atom is 0.242 e. The SMILES string of the molecule is CCCNC(=O)C(C)N(Cc1ccc(Br)cc1)C(=O)Cc1ccccc1. The maximum absolute atomic E-state index is 12.9. The van der Waals surface area contributed by atoms with Gasteiger partial charge in [-0.2, -0.15) is 0 Å². The normalized spacial score (nSPS) is 11.7. The molecule has 0 aliphatic heterocycles. The first-order valence-corrected chi connectivity index (χ1v) is 9.66. The van der Waals surface area contributed by atoms with E-state index in [1.54, 1.807) is 11.8 Å². The highest BCUT2D eigenvalue weighted by Crippen LogP contribution is 2.15. The van der Waals surface area contributed by atoms with E-state index in [-0.39, 0.29) is 18.2 Å². The summed E-state index contributed by atoms with van der Waals surface area (Å²) < 4.78 is 0.983. The molecular formula is C21H25BrN2O2. The van der Waals surface area contributed by atoms with Crippen LogP contribution in [0.2, 0.25) is 0 Å². The molecule has 4 nitrogen and oxygen atoms in total. The molecule has 2 aromatic carbocycles. The number of halogens is 1. The van der Waals surface area contributed by atoms with Crippen molar-refractivity contribution in [3.8, 4) is 0 Å². The van der Waals surface area contributed by atoms with E-state index in [0.29, 0.717) is 13.1 Å². The first kappa shape index (κ1) is 20.2. The van der Waals surface area contributed by atoms with Gasteiger partial charge in [0.15, 0.2) is 0 Å². The Hall–Kier alpha value is -2.14. The molecule has 1 atom stereocenters. The fourth-order valence-electron chi connectivity index (χ4n) is 2.64. The molecule has 0 aliphatic carbocycles. The largest absolute Gasteiger partial charge is 0.354 e. The lowest BCUT2D eigenvalue weighted by Gasteiger charge is -2.29. The number of amides is 2. The third kappa shape index (κ3) is 5.99. The van der Waals surface area contributed by atoms with E-state index in [1.165, 1.54) is 0 Å². The molecule has 138 valence electrons.